The molecule has 4 nitrogen and oxygen atoms in total. The molecule has 1 atom stereocenters. The van der Waals surface area contributed by atoms with Crippen LogP contribution in [-0.4, -0.2) is 21.3 Å². The van der Waals surface area contributed by atoms with E-state index in [0.29, 0.717) is 6.04 Å². The van der Waals surface area contributed by atoms with Crippen molar-refractivity contribution in [3.05, 3.63) is 12.2 Å². The molecule has 1 aliphatic rings. The summed E-state index contributed by atoms with van der Waals surface area (Å²) in [7, 11) is 0. The molecule has 0 fully saturated rings. The highest BCUT2D eigenvalue weighted by Gasteiger charge is 2.21. The molecular weight excluding hydrogens is 188 g/mol. The van der Waals surface area contributed by atoms with Crippen molar-refractivity contribution in [3.63, 3.8) is 0 Å². The average Bonchev–Trinajstić information content (AvgIpc) is 2.65. The normalized spacial score (nSPS) is 20.6. The first-order valence-electron chi connectivity index (χ1n) is 5.88. The van der Waals surface area contributed by atoms with Crippen LogP contribution in [0.3, 0.4) is 0 Å². The summed E-state index contributed by atoms with van der Waals surface area (Å²) in [5, 5.41) is 7.79. The van der Waals surface area contributed by atoms with E-state index < -0.39 is 0 Å². The molecule has 2 rings (SSSR count). The van der Waals surface area contributed by atoms with Crippen molar-refractivity contribution >= 4 is 0 Å². The van der Waals surface area contributed by atoms with E-state index in [1.54, 1.807) is 6.33 Å². The van der Waals surface area contributed by atoms with E-state index in [-0.39, 0.29) is 0 Å². The molecule has 0 saturated carbocycles. The Morgan fingerprint density at radius 3 is 3.27 bits per heavy atom. The van der Waals surface area contributed by atoms with Crippen molar-refractivity contribution in [1.29, 1.82) is 0 Å². The van der Waals surface area contributed by atoms with Gasteiger partial charge in [0.05, 0.1) is 6.04 Å². The third-order valence-electron chi connectivity index (χ3n) is 2.93. The zero-order valence-corrected chi connectivity index (χ0v) is 9.61. The van der Waals surface area contributed by atoms with Crippen molar-refractivity contribution in [2.45, 2.75) is 45.7 Å². The molecule has 0 aromatic carbocycles. The van der Waals surface area contributed by atoms with Crippen molar-refractivity contribution in [2.24, 2.45) is 5.92 Å². The Morgan fingerprint density at radius 1 is 1.60 bits per heavy atom. The zero-order valence-electron chi connectivity index (χ0n) is 9.61. The Bertz CT molecular complexity index is 305. The summed E-state index contributed by atoms with van der Waals surface area (Å²) >= 11 is 0. The standard InChI is InChI=1S/C11H20N4/c1-9(2)5-6-12-10-4-3-7-15-11(10)13-8-14-15/h8-10,12H,3-7H2,1-2H3/t10-/m1/s1. The Morgan fingerprint density at radius 2 is 2.47 bits per heavy atom. The Labute approximate surface area is 91.1 Å². The number of nitrogens with zero attached hydrogens (tertiary/aromatic N) is 3. The van der Waals surface area contributed by atoms with E-state index in [1.165, 1.54) is 19.3 Å². The number of hydrogen-bond donors (Lipinski definition) is 1. The first kappa shape index (κ1) is 10.6. The lowest BCUT2D eigenvalue weighted by Crippen LogP contribution is -2.29. The van der Waals surface area contributed by atoms with Crippen molar-refractivity contribution in [2.75, 3.05) is 6.54 Å². The Kier molecular flexibility index (Phi) is 3.36. The van der Waals surface area contributed by atoms with Gasteiger partial charge in [0.25, 0.3) is 0 Å². The second-order valence-electron chi connectivity index (χ2n) is 4.67. The van der Waals surface area contributed by atoms with Gasteiger partial charge in [-0.1, -0.05) is 13.8 Å². The number of aromatic nitrogens is 3. The van der Waals surface area contributed by atoms with Crippen molar-refractivity contribution in [1.82, 2.24) is 20.1 Å². The third-order valence-corrected chi connectivity index (χ3v) is 2.93. The monoisotopic (exact) mass is 208 g/mol. The third kappa shape index (κ3) is 2.56. The molecule has 0 aliphatic carbocycles. The number of aryl methyl sites for hydroxylation is 1. The molecule has 0 radical (unpaired) electrons. The van der Waals surface area contributed by atoms with E-state index in [4.69, 9.17) is 0 Å². The van der Waals surface area contributed by atoms with E-state index in [2.05, 4.69) is 29.2 Å². The average molecular weight is 208 g/mol. The summed E-state index contributed by atoms with van der Waals surface area (Å²) in [5.41, 5.74) is 0. The number of nitrogens with one attached hydrogen (secondary N) is 1. The van der Waals surface area contributed by atoms with Crippen LogP contribution < -0.4 is 5.32 Å². The van der Waals surface area contributed by atoms with E-state index in [9.17, 15) is 0 Å². The highest BCUT2D eigenvalue weighted by molar-refractivity contribution is 4.97. The minimum Gasteiger partial charge on any atom is -0.307 e. The Balaban J connectivity index is 1.89. The smallest absolute Gasteiger partial charge is 0.143 e. The molecule has 15 heavy (non-hydrogen) atoms. The van der Waals surface area contributed by atoms with Gasteiger partial charge in [-0.3, -0.25) is 0 Å². The molecule has 0 spiro atoms. The zero-order chi connectivity index (χ0) is 10.7. The van der Waals surface area contributed by atoms with Gasteiger partial charge in [-0.15, -0.1) is 0 Å². The second kappa shape index (κ2) is 4.75. The van der Waals surface area contributed by atoms with Gasteiger partial charge in [0, 0.05) is 6.54 Å². The van der Waals surface area contributed by atoms with E-state index in [1.807, 2.05) is 4.68 Å². The van der Waals surface area contributed by atoms with Gasteiger partial charge in [-0.2, -0.15) is 5.10 Å². The summed E-state index contributed by atoms with van der Waals surface area (Å²) in [5.74, 6) is 1.88. The summed E-state index contributed by atoms with van der Waals surface area (Å²) in [6, 6.07) is 0.417. The molecule has 1 aliphatic heterocycles. The molecule has 0 saturated heterocycles. The van der Waals surface area contributed by atoms with Crippen LogP contribution in [0.15, 0.2) is 6.33 Å². The first-order valence-corrected chi connectivity index (χ1v) is 5.88. The largest absolute Gasteiger partial charge is 0.307 e. The van der Waals surface area contributed by atoms with Gasteiger partial charge in [0.15, 0.2) is 0 Å². The lowest BCUT2D eigenvalue weighted by atomic mass is 10.1. The van der Waals surface area contributed by atoms with Gasteiger partial charge in [-0.05, 0) is 31.7 Å². The summed E-state index contributed by atoms with van der Waals surface area (Å²) in [6.07, 6.45) is 5.29. The lowest BCUT2D eigenvalue weighted by Gasteiger charge is -2.23. The number of rotatable bonds is 4. The van der Waals surface area contributed by atoms with Gasteiger partial charge in [0.1, 0.15) is 12.2 Å². The fraction of sp³-hybridized carbons (Fsp3) is 0.818. The summed E-state index contributed by atoms with van der Waals surface area (Å²) < 4.78 is 2.02. The maximum absolute atomic E-state index is 4.33. The van der Waals surface area contributed by atoms with Crippen LogP contribution in [0.1, 0.15) is 45.0 Å². The van der Waals surface area contributed by atoms with E-state index in [0.717, 1.165) is 24.8 Å². The van der Waals surface area contributed by atoms with Crippen LogP contribution in [0.2, 0.25) is 0 Å². The number of hydrogen-bond acceptors (Lipinski definition) is 3. The predicted molar refractivity (Wildman–Crippen MR) is 59.5 cm³/mol. The molecule has 2 heterocycles. The second-order valence-corrected chi connectivity index (χ2v) is 4.67. The highest BCUT2D eigenvalue weighted by Crippen LogP contribution is 2.21. The van der Waals surface area contributed by atoms with Gasteiger partial charge in [0.2, 0.25) is 0 Å². The molecule has 1 aromatic heterocycles. The topological polar surface area (TPSA) is 42.7 Å². The van der Waals surface area contributed by atoms with Crippen molar-refractivity contribution in [3.8, 4) is 0 Å². The molecule has 1 N–H and O–H groups in total. The Hall–Kier alpha value is -0.900. The van der Waals surface area contributed by atoms with Crippen LogP contribution in [0.4, 0.5) is 0 Å². The van der Waals surface area contributed by atoms with Gasteiger partial charge >= 0.3 is 0 Å². The molecule has 0 bridgehead atoms. The molecule has 0 amide bonds. The van der Waals surface area contributed by atoms with Crippen LogP contribution in [0, 0.1) is 5.92 Å². The lowest BCUT2D eigenvalue weighted by molar-refractivity contribution is 0.359. The quantitative estimate of drug-likeness (QED) is 0.819. The highest BCUT2D eigenvalue weighted by atomic mass is 15.3. The fourth-order valence-electron chi connectivity index (χ4n) is 2.03. The van der Waals surface area contributed by atoms with Gasteiger partial charge < -0.3 is 5.32 Å². The van der Waals surface area contributed by atoms with Crippen LogP contribution in [0.25, 0.3) is 0 Å². The van der Waals surface area contributed by atoms with Crippen LogP contribution >= 0.6 is 0 Å². The molecule has 4 heteroatoms. The van der Waals surface area contributed by atoms with Crippen LogP contribution in [-0.2, 0) is 6.54 Å². The molecule has 84 valence electrons. The SMILES string of the molecule is CC(C)CCN[C@@H]1CCCn2ncnc21. The van der Waals surface area contributed by atoms with Crippen LogP contribution in [0.5, 0.6) is 0 Å². The minimum absolute atomic E-state index is 0.417. The fourth-order valence-corrected chi connectivity index (χ4v) is 2.03. The van der Waals surface area contributed by atoms with E-state index >= 15 is 0 Å². The maximum Gasteiger partial charge on any atom is 0.143 e. The minimum atomic E-state index is 0.417. The molecule has 0 unspecified atom stereocenters. The molecule has 1 aromatic rings. The maximum atomic E-state index is 4.33. The number of fused-ring (bicyclic) bond motifs is 1. The molecular formula is C11H20N4. The summed E-state index contributed by atoms with van der Waals surface area (Å²) in [6.45, 7) is 6.61. The van der Waals surface area contributed by atoms with Crippen molar-refractivity contribution < 1.29 is 0 Å². The first-order chi connectivity index (χ1) is 7.27. The van der Waals surface area contributed by atoms with Gasteiger partial charge in [-0.25, -0.2) is 9.67 Å². The predicted octanol–water partition coefficient (Wildman–Crippen LogP) is 1.75. The summed E-state index contributed by atoms with van der Waals surface area (Å²) in [4.78, 5) is 4.33.